The van der Waals surface area contributed by atoms with Gasteiger partial charge in [-0.25, -0.2) is 15.0 Å². The number of aromatic nitrogens is 6. The molecule has 7 aromatic carbocycles. The Morgan fingerprint density at radius 3 is 1.33 bits per heavy atom. The molecule has 11 aromatic rings. The fraction of sp³-hybridized carbons (Fsp3) is 0.138. The number of para-hydroxylation sites is 2. The molecule has 4 aromatic heterocycles. The predicted molar refractivity (Wildman–Crippen MR) is 265 cm³/mol. The van der Waals surface area contributed by atoms with Crippen molar-refractivity contribution in [3.05, 3.63) is 193 Å². The summed E-state index contributed by atoms with van der Waals surface area (Å²) in [5.74, 6) is 1.82. The van der Waals surface area contributed by atoms with Crippen molar-refractivity contribution in [3.8, 4) is 56.8 Å². The van der Waals surface area contributed by atoms with E-state index in [1.54, 1.807) is 0 Å². The standard InChI is InChI=1S/C58H48N6/c1-57(2,3)40-28-31-49-44(35-40)42-22-13-15-24-47(42)63(49)51-30-27-39(56-61-54(37-18-9-7-10-19-37)60-55(62-56)38-20-11-8-12-21-38)34-46(51)53-52(26-17-33-59-53)64-48-25-16-14-23-43(48)45-36-41(58(4,5)6)29-32-50(45)64/h7-36H,1-6H3. The largest absolute Gasteiger partial charge is 0.309 e. The molecule has 4 heterocycles. The molecule has 0 aliphatic rings. The molecule has 64 heavy (non-hydrogen) atoms. The quantitative estimate of drug-likeness (QED) is 0.167. The van der Waals surface area contributed by atoms with Gasteiger partial charge in [0.05, 0.1) is 39.1 Å². The number of fused-ring (bicyclic) bond motifs is 6. The summed E-state index contributed by atoms with van der Waals surface area (Å²) in [6, 6.07) is 62.5. The van der Waals surface area contributed by atoms with Gasteiger partial charge in [-0.3, -0.25) is 4.98 Å². The van der Waals surface area contributed by atoms with Crippen molar-refractivity contribution in [2.45, 2.75) is 52.4 Å². The molecule has 0 N–H and O–H groups in total. The van der Waals surface area contributed by atoms with E-state index in [0.29, 0.717) is 17.5 Å². The Morgan fingerprint density at radius 1 is 0.359 bits per heavy atom. The van der Waals surface area contributed by atoms with Crippen molar-refractivity contribution < 1.29 is 0 Å². The summed E-state index contributed by atoms with van der Waals surface area (Å²) >= 11 is 0. The lowest BCUT2D eigenvalue weighted by atomic mass is 9.86. The van der Waals surface area contributed by atoms with Crippen LogP contribution in [0.25, 0.3) is 100 Å². The summed E-state index contributed by atoms with van der Waals surface area (Å²) in [6.45, 7) is 13.7. The van der Waals surface area contributed by atoms with Crippen LogP contribution in [0.15, 0.2) is 182 Å². The van der Waals surface area contributed by atoms with Crippen LogP contribution in [0.3, 0.4) is 0 Å². The van der Waals surface area contributed by atoms with Gasteiger partial charge in [0.15, 0.2) is 17.5 Å². The number of hydrogen-bond acceptors (Lipinski definition) is 4. The zero-order valence-electron chi connectivity index (χ0n) is 37.0. The molecule has 310 valence electrons. The molecular formula is C58H48N6. The lowest BCUT2D eigenvalue weighted by Gasteiger charge is -2.20. The third kappa shape index (κ3) is 6.65. The van der Waals surface area contributed by atoms with E-state index < -0.39 is 0 Å². The van der Waals surface area contributed by atoms with Gasteiger partial charge in [-0.15, -0.1) is 0 Å². The highest BCUT2D eigenvalue weighted by Crippen LogP contribution is 2.43. The first-order valence-electron chi connectivity index (χ1n) is 22.1. The van der Waals surface area contributed by atoms with E-state index >= 15 is 0 Å². The molecule has 11 rings (SSSR count). The van der Waals surface area contributed by atoms with E-state index in [1.165, 1.54) is 32.7 Å². The van der Waals surface area contributed by atoms with Crippen LogP contribution < -0.4 is 0 Å². The van der Waals surface area contributed by atoms with Crippen LogP contribution in [-0.4, -0.2) is 29.1 Å². The average molecular weight is 829 g/mol. The maximum Gasteiger partial charge on any atom is 0.164 e. The number of hydrogen-bond donors (Lipinski definition) is 0. The van der Waals surface area contributed by atoms with Crippen molar-refractivity contribution >= 4 is 43.6 Å². The zero-order valence-corrected chi connectivity index (χ0v) is 37.0. The fourth-order valence-corrected chi connectivity index (χ4v) is 9.18. The highest BCUT2D eigenvalue weighted by atomic mass is 15.0. The van der Waals surface area contributed by atoms with Gasteiger partial charge in [0, 0.05) is 50.0 Å². The summed E-state index contributed by atoms with van der Waals surface area (Å²) in [4.78, 5) is 20.7. The zero-order chi connectivity index (χ0) is 43.7. The minimum atomic E-state index is -0.00916. The third-order valence-electron chi connectivity index (χ3n) is 12.6. The lowest BCUT2D eigenvalue weighted by Crippen LogP contribution is -2.10. The smallest absolute Gasteiger partial charge is 0.164 e. The average Bonchev–Trinajstić information content (AvgIpc) is 3.83. The van der Waals surface area contributed by atoms with E-state index in [9.17, 15) is 0 Å². The monoisotopic (exact) mass is 828 g/mol. The lowest BCUT2D eigenvalue weighted by molar-refractivity contribution is 0.591. The molecule has 6 heteroatoms. The maximum atomic E-state index is 5.33. The van der Waals surface area contributed by atoms with Crippen LogP contribution in [0, 0.1) is 0 Å². The minimum absolute atomic E-state index is 0.00205. The van der Waals surface area contributed by atoms with Crippen LogP contribution in [0.2, 0.25) is 0 Å². The van der Waals surface area contributed by atoms with E-state index in [4.69, 9.17) is 19.9 Å². The highest BCUT2D eigenvalue weighted by molar-refractivity contribution is 6.11. The number of rotatable bonds is 6. The Balaban J connectivity index is 1.22. The number of benzene rings is 7. The van der Waals surface area contributed by atoms with Crippen LogP contribution in [0.1, 0.15) is 52.7 Å². The second kappa shape index (κ2) is 15.0. The van der Waals surface area contributed by atoms with Gasteiger partial charge in [0.1, 0.15) is 0 Å². The van der Waals surface area contributed by atoms with Crippen molar-refractivity contribution in [3.63, 3.8) is 0 Å². The van der Waals surface area contributed by atoms with E-state index in [0.717, 1.165) is 61.4 Å². The Morgan fingerprint density at radius 2 is 0.812 bits per heavy atom. The topological polar surface area (TPSA) is 61.4 Å². The van der Waals surface area contributed by atoms with Gasteiger partial charge < -0.3 is 9.13 Å². The predicted octanol–water partition coefficient (Wildman–Crippen LogP) is 14.7. The van der Waals surface area contributed by atoms with Gasteiger partial charge in [0.25, 0.3) is 0 Å². The van der Waals surface area contributed by atoms with Crippen molar-refractivity contribution in [1.29, 1.82) is 0 Å². The summed E-state index contributed by atoms with van der Waals surface area (Å²) in [7, 11) is 0. The summed E-state index contributed by atoms with van der Waals surface area (Å²) in [5.41, 5.74) is 13.6. The molecular weight excluding hydrogens is 781 g/mol. The van der Waals surface area contributed by atoms with Crippen LogP contribution in [-0.2, 0) is 10.8 Å². The SMILES string of the molecule is CC(C)(C)c1ccc2c(c1)c1ccccc1n2-c1ccc(-c2nc(-c3ccccc3)nc(-c3ccccc3)n2)cc1-c1ncccc1-n1c2ccccc2c2cc(C(C)(C)C)ccc21. The van der Waals surface area contributed by atoms with E-state index in [-0.39, 0.29) is 10.8 Å². The molecule has 0 spiro atoms. The van der Waals surface area contributed by atoms with Crippen molar-refractivity contribution in [2.24, 2.45) is 0 Å². The summed E-state index contributed by atoms with van der Waals surface area (Å²) < 4.78 is 4.80. The molecule has 0 amide bonds. The maximum absolute atomic E-state index is 5.33. The molecule has 6 nitrogen and oxygen atoms in total. The molecule has 0 atom stereocenters. The van der Waals surface area contributed by atoms with Gasteiger partial charge in [-0.05, 0) is 88.7 Å². The number of pyridine rings is 1. The normalized spacial score (nSPS) is 12.2. The Kier molecular flexibility index (Phi) is 9.17. The Bertz CT molecular complexity index is 3510. The van der Waals surface area contributed by atoms with Gasteiger partial charge in [0.2, 0.25) is 0 Å². The first-order chi connectivity index (χ1) is 31.0. The van der Waals surface area contributed by atoms with Gasteiger partial charge in [-0.1, -0.05) is 151 Å². The van der Waals surface area contributed by atoms with Gasteiger partial charge >= 0.3 is 0 Å². The van der Waals surface area contributed by atoms with Gasteiger partial charge in [-0.2, -0.15) is 0 Å². The third-order valence-corrected chi connectivity index (χ3v) is 12.6. The van der Waals surface area contributed by atoms with Crippen LogP contribution in [0.5, 0.6) is 0 Å². The second-order valence-corrected chi connectivity index (χ2v) is 18.8. The molecule has 0 radical (unpaired) electrons. The molecule has 0 saturated carbocycles. The van der Waals surface area contributed by atoms with Crippen molar-refractivity contribution in [1.82, 2.24) is 29.1 Å². The molecule has 0 aliphatic carbocycles. The Labute approximate surface area is 373 Å². The fourth-order valence-electron chi connectivity index (χ4n) is 9.18. The number of nitrogens with zero attached hydrogens (tertiary/aromatic N) is 6. The second-order valence-electron chi connectivity index (χ2n) is 18.8. The molecule has 0 saturated heterocycles. The molecule has 0 fully saturated rings. The summed E-state index contributed by atoms with van der Waals surface area (Å²) in [6.07, 6.45) is 1.91. The van der Waals surface area contributed by atoms with Crippen LogP contribution >= 0.6 is 0 Å². The summed E-state index contributed by atoms with van der Waals surface area (Å²) in [5, 5.41) is 4.84. The van der Waals surface area contributed by atoms with E-state index in [1.807, 2.05) is 72.9 Å². The van der Waals surface area contributed by atoms with Crippen molar-refractivity contribution in [2.75, 3.05) is 0 Å². The van der Waals surface area contributed by atoms with E-state index in [2.05, 4.69) is 160 Å². The molecule has 0 aliphatic heterocycles. The Hall–Kier alpha value is -7.70. The molecule has 0 bridgehead atoms. The van der Waals surface area contributed by atoms with Crippen LogP contribution in [0.4, 0.5) is 0 Å². The first-order valence-corrected chi connectivity index (χ1v) is 22.1. The molecule has 0 unspecified atom stereocenters. The first kappa shape index (κ1) is 39.2. The highest BCUT2D eigenvalue weighted by Gasteiger charge is 2.25. The minimum Gasteiger partial charge on any atom is -0.309 e.